The summed E-state index contributed by atoms with van der Waals surface area (Å²) < 4.78 is 2.27. The minimum atomic E-state index is 0.514. The Balaban J connectivity index is 1.92. The fraction of sp³-hybridized carbons (Fsp3) is 0.0588. The Morgan fingerprint density at radius 3 is 2.73 bits per heavy atom. The van der Waals surface area contributed by atoms with Gasteiger partial charge in [0.15, 0.2) is 0 Å². The third kappa shape index (κ3) is 2.40. The molecule has 0 unspecified atom stereocenters. The molecule has 4 aromatic rings. The Hall–Kier alpha value is -2.17. The van der Waals surface area contributed by atoms with Crippen LogP contribution in [0.15, 0.2) is 60.2 Å². The van der Waals surface area contributed by atoms with E-state index >= 15 is 0 Å². The van der Waals surface area contributed by atoms with Crippen molar-refractivity contribution >= 4 is 34.0 Å². The Kier molecular flexibility index (Phi) is 3.41. The molecule has 0 fully saturated rings. The first-order chi connectivity index (χ1) is 10.8. The van der Waals surface area contributed by atoms with Crippen LogP contribution in [-0.2, 0) is 6.54 Å². The zero-order valence-corrected chi connectivity index (χ0v) is 13.2. The average Bonchev–Trinajstić information content (AvgIpc) is 3.16. The summed E-state index contributed by atoms with van der Waals surface area (Å²) in [6.07, 6.45) is 1.89. The smallest absolute Gasteiger partial charge is 0.129 e. The van der Waals surface area contributed by atoms with Crippen molar-refractivity contribution in [1.82, 2.24) is 14.5 Å². The van der Waals surface area contributed by atoms with Crippen LogP contribution in [-0.4, -0.2) is 14.5 Å². The van der Waals surface area contributed by atoms with E-state index in [9.17, 15) is 0 Å². The summed E-state index contributed by atoms with van der Waals surface area (Å²) in [6, 6.07) is 16.3. The molecule has 0 aliphatic rings. The summed E-state index contributed by atoms with van der Waals surface area (Å²) >= 11 is 7.66. The molecule has 0 saturated heterocycles. The minimum Gasteiger partial charge on any atom is -0.334 e. The third-order valence-electron chi connectivity index (χ3n) is 3.59. The first-order valence-electron chi connectivity index (χ1n) is 6.90. The number of fused-ring (bicyclic) bond motifs is 1. The maximum atomic E-state index is 6.04. The number of rotatable bonds is 3. The molecule has 0 amide bonds. The van der Waals surface area contributed by atoms with Crippen molar-refractivity contribution in [3.05, 3.63) is 71.0 Å². The topological polar surface area (TPSA) is 30.7 Å². The van der Waals surface area contributed by atoms with E-state index < -0.39 is 0 Å². The van der Waals surface area contributed by atoms with Crippen molar-refractivity contribution in [3.63, 3.8) is 0 Å². The molecule has 0 atom stereocenters. The van der Waals surface area contributed by atoms with Gasteiger partial charge in [0, 0.05) is 12.7 Å². The first-order valence-corrected chi connectivity index (χ1v) is 8.15. The van der Waals surface area contributed by atoms with Gasteiger partial charge in [-0.25, -0.2) is 4.98 Å². The molecular weight excluding hydrogens is 314 g/mol. The number of hydrogen-bond acceptors (Lipinski definition) is 3. The highest BCUT2D eigenvalue weighted by Crippen LogP contribution is 2.31. The van der Waals surface area contributed by atoms with Crippen molar-refractivity contribution in [2.75, 3.05) is 0 Å². The molecule has 108 valence electrons. The SMILES string of the molecule is Clc1ccc2c(cc(-c3cncs3)n2Cc2ccccc2)n1. The van der Waals surface area contributed by atoms with Crippen LogP contribution in [0.25, 0.3) is 21.6 Å². The monoisotopic (exact) mass is 325 g/mol. The van der Waals surface area contributed by atoms with Gasteiger partial charge < -0.3 is 4.57 Å². The number of nitrogens with zero attached hydrogens (tertiary/aromatic N) is 3. The Bertz CT molecular complexity index is 914. The van der Waals surface area contributed by atoms with E-state index in [1.54, 1.807) is 11.3 Å². The Labute approximate surface area is 136 Å². The van der Waals surface area contributed by atoms with Crippen LogP contribution in [0.4, 0.5) is 0 Å². The second-order valence-corrected chi connectivity index (χ2v) is 6.28. The number of halogens is 1. The van der Waals surface area contributed by atoms with Crippen LogP contribution >= 0.6 is 22.9 Å². The normalized spacial score (nSPS) is 11.1. The average molecular weight is 326 g/mol. The van der Waals surface area contributed by atoms with E-state index in [1.165, 1.54) is 5.56 Å². The van der Waals surface area contributed by atoms with Gasteiger partial charge in [-0.1, -0.05) is 41.9 Å². The van der Waals surface area contributed by atoms with Gasteiger partial charge in [0.05, 0.1) is 27.1 Å². The summed E-state index contributed by atoms with van der Waals surface area (Å²) in [5.41, 5.74) is 6.21. The number of thiazole rings is 1. The summed E-state index contributed by atoms with van der Waals surface area (Å²) in [6.45, 7) is 0.793. The molecule has 0 aliphatic heterocycles. The van der Waals surface area contributed by atoms with Crippen molar-refractivity contribution in [3.8, 4) is 10.6 Å². The van der Waals surface area contributed by atoms with Crippen molar-refractivity contribution in [2.24, 2.45) is 0 Å². The van der Waals surface area contributed by atoms with E-state index in [2.05, 4.69) is 44.9 Å². The standard InChI is InChI=1S/C17H12ClN3S/c18-17-7-6-14-13(20-17)8-15(16-9-19-11-22-16)21(14)10-12-4-2-1-3-5-12/h1-9,11H,10H2. The second kappa shape index (κ2) is 5.55. The molecular formula is C17H12ClN3S. The molecule has 1 aromatic carbocycles. The quantitative estimate of drug-likeness (QED) is 0.503. The number of hydrogen-bond donors (Lipinski definition) is 0. The molecule has 5 heteroatoms. The lowest BCUT2D eigenvalue weighted by molar-refractivity contribution is 0.846. The molecule has 0 N–H and O–H groups in total. The van der Waals surface area contributed by atoms with Crippen LogP contribution in [0.3, 0.4) is 0 Å². The van der Waals surface area contributed by atoms with Gasteiger partial charge in [-0.3, -0.25) is 4.98 Å². The molecule has 0 aliphatic carbocycles. The molecule has 0 spiro atoms. The van der Waals surface area contributed by atoms with Crippen molar-refractivity contribution < 1.29 is 0 Å². The van der Waals surface area contributed by atoms with Crippen molar-refractivity contribution in [1.29, 1.82) is 0 Å². The van der Waals surface area contributed by atoms with E-state index in [0.29, 0.717) is 5.15 Å². The Morgan fingerprint density at radius 2 is 1.95 bits per heavy atom. The summed E-state index contributed by atoms with van der Waals surface area (Å²) in [4.78, 5) is 9.76. The highest BCUT2D eigenvalue weighted by molar-refractivity contribution is 7.13. The van der Waals surface area contributed by atoms with Crippen molar-refractivity contribution in [2.45, 2.75) is 6.54 Å². The summed E-state index contributed by atoms with van der Waals surface area (Å²) in [5, 5.41) is 0.514. The van der Waals surface area contributed by atoms with Gasteiger partial charge >= 0.3 is 0 Å². The van der Waals surface area contributed by atoms with Crippen LogP contribution in [0.5, 0.6) is 0 Å². The van der Waals surface area contributed by atoms with E-state index in [-0.39, 0.29) is 0 Å². The molecule has 3 heterocycles. The highest BCUT2D eigenvalue weighted by Gasteiger charge is 2.13. The molecule has 0 radical (unpaired) electrons. The lowest BCUT2D eigenvalue weighted by Gasteiger charge is -2.09. The van der Waals surface area contributed by atoms with Gasteiger partial charge in [-0.15, -0.1) is 11.3 Å². The fourth-order valence-corrected chi connectivity index (χ4v) is 3.40. The fourth-order valence-electron chi connectivity index (χ4n) is 2.60. The second-order valence-electron chi connectivity index (χ2n) is 5.01. The van der Waals surface area contributed by atoms with Gasteiger partial charge in [-0.2, -0.15) is 0 Å². The van der Waals surface area contributed by atoms with Gasteiger partial charge in [0.1, 0.15) is 5.15 Å². The zero-order valence-electron chi connectivity index (χ0n) is 11.6. The van der Waals surface area contributed by atoms with Crippen LogP contribution in [0.1, 0.15) is 5.56 Å². The molecule has 4 rings (SSSR count). The first kappa shape index (κ1) is 13.5. The summed E-state index contributed by atoms with van der Waals surface area (Å²) in [7, 11) is 0. The Morgan fingerprint density at radius 1 is 1.09 bits per heavy atom. The summed E-state index contributed by atoms with van der Waals surface area (Å²) in [5.74, 6) is 0. The molecule has 3 nitrogen and oxygen atoms in total. The number of benzene rings is 1. The number of pyridine rings is 1. The zero-order chi connectivity index (χ0) is 14.9. The maximum absolute atomic E-state index is 6.04. The molecule has 3 aromatic heterocycles. The van der Waals surface area contributed by atoms with Gasteiger partial charge in [0.2, 0.25) is 0 Å². The molecule has 22 heavy (non-hydrogen) atoms. The lowest BCUT2D eigenvalue weighted by atomic mass is 10.2. The molecule has 0 saturated carbocycles. The third-order valence-corrected chi connectivity index (χ3v) is 4.60. The molecule has 0 bridgehead atoms. The predicted octanol–water partition coefficient (Wildman–Crippen LogP) is 4.86. The van der Waals surface area contributed by atoms with Gasteiger partial charge in [-0.05, 0) is 23.8 Å². The van der Waals surface area contributed by atoms with E-state index in [0.717, 1.165) is 28.1 Å². The lowest BCUT2D eigenvalue weighted by Crippen LogP contribution is -2.01. The largest absolute Gasteiger partial charge is 0.334 e. The minimum absolute atomic E-state index is 0.514. The van der Waals surface area contributed by atoms with Crippen LogP contribution in [0, 0.1) is 0 Å². The number of aromatic nitrogens is 3. The van der Waals surface area contributed by atoms with Crippen LogP contribution < -0.4 is 0 Å². The predicted molar refractivity (Wildman–Crippen MR) is 91.4 cm³/mol. The highest BCUT2D eigenvalue weighted by atomic mass is 35.5. The van der Waals surface area contributed by atoms with Crippen LogP contribution in [0.2, 0.25) is 5.15 Å². The van der Waals surface area contributed by atoms with Gasteiger partial charge in [0.25, 0.3) is 0 Å². The maximum Gasteiger partial charge on any atom is 0.129 e. The van der Waals surface area contributed by atoms with E-state index in [1.807, 2.05) is 29.9 Å². The van der Waals surface area contributed by atoms with E-state index in [4.69, 9.17) is 11.6 Å².